The first-order valence-corrected chi connectivity index (χ1v) is 6.29. The van der Waals surface area contributed by atoms with Crippen LogP contribution in [0.15, 0.2) is 47.3 Å². The fraction of sp³-hybridized carbons (Fsp3) is 0.200. The van der Waals surface area contributed by atoms with Crippen molar-refractivity contribution in [3.63, 3.8) is 0 Å². The predicted octanol–water partition coefficient (Wildman–Crippen LogP) is 2.54. The highest BCUT2D eigenvalue weighted by Gasteiger charge is 2.07. The zero-order valence-electron chi connectivity index (χ0n) is 10.8. The molecular weight excluding hydrogens is 258 g/mol. The van der Waals surface area contributed by atoms with Crippen LogP contribution in [0.25, 0.3) is 11.1 Å². The van der Waals surface area contributed by atoms with Crippen molar-refractivity contribution in [2.45, 2.75) is 12.8 Å². The molecule has 0 radical (unpaired) electrons. The van der Waals surface area contributed by atoms with Crippen LogP contribution in [0.4, 0.5) is 0 Å². The lowest BCUT2D eigenvalue weighted by Crippen LogP contribution is -2.24. The molecule has 2 rings (SSSR count). The maximum Gasteiger partial charge on any atom is 0.303 e. The first-order chi connectivity index (χ1) is 9.66. The standard InChI is InChI=1S/C15H15NO4/c17-14(18)5-2-7-16-15(19)12-4-1-3-11(9-12)13-6-8-20-10-13/h1,3-4,6,8-10H,2,5,7H2,(H,16,19)(H,17,18). The van der Waals surface area contributed by atoms with Crippen LogP contribution in [-0.4, -0.2) is 23.5 Å². The van der Waals surface area contributed by atoms with Crippen molar-refractivity contribution in [3.05, 3.63) is 48.4 Å². The molecule has 0 atom stereocenters. The molecule has 1 heterocycles. The molecule has 0 bridgehead atoms. The van der Waals surface area contributed by atoms with E-state index in [1.54, 1.807) is 30.7 Å². The number of carbonyl (C=O) groups excluding carboxylic acids is 1. The molecule has 2 N–H and O–H groups in total. The zero-order valence-corrected chi connectivity index (χ0v) is 10.8. The van der Waals surface area contributed by atoms with Crippen LogP contribution in [0, 0.1) is 0 Å². The molecule has 0 saturated heterocycles. The number of aliphatic carboxylic acids is 1. The molecule has 104 valence electrons. The van der Waals surface area contributed by atoms with Crippen molar-refractivity contribution in [1.29, 1.82) is 0 Å². The van der Waals surface area contributed by atoms with Crippen molar-refractivity contribution < 1.29 is 19.1 Å². The van der Waals surface area contributed by atoms with Crippen LogP contribution in [0.3, 0.4) is 0 Å². The molecule has 5 heteroatoms. The maximum absolute atomic E-state index is 11.9. The Kier molecular flexibility index (Phi) is 4.55. The van der Waals surface area contributed by atoms with Crippen LogP contribution in [-0.2, 0) is 4.79 Å². The second kappa shape index (κ2) is 6.56. The van der Waals surface area contributed by atoms with Gasteiger partial charge in [0, 0.05) is 24.1 Å². The third kappa shape index (κ3) is 3.71. The van der Waals surface area contributed by atoms with E-state index >= 15 is 0 Å². The Morgan fingerprint density at radius 2 is 2.05 bits per heavy atom. The van der Waals surface area contributed by atoms with Gasteiger partial charge in [-0.1, -0.05) is 12.1 Å². The molecule has 0 unspecified atom stereocenters. The zero-order chi connectivity index (χ0) is 14.4. The molecule has 0 saturated carbocycles. The minimum Gasteiger partial charge on any atom is -0.481 e. The van der Waals surface area contributed by atoms with Crippen molar-refractivity contribution in [2.75, 3.05) is 6.54 Å². The number of carbonyl (C=O) groups is 2. The Labute approximate surface area is 116 Å². The normalized spacial score (nSPS) is 10.2. The van der Waals surface area contributed by atoms with Gasteiger partial charge in [0.25, 0.3) is 5.91 Å². The van der Waals surface area contributed by atoms with Gasteiger partial charge in [-0.05, 0) is 30.2 Å². The van der Waals surface area contributed by atoms with Gasteiger partial charge >= 0.3 is 5.97 Å². The third-order valence-electron chi connectivity index (χ3n) is 2.83. The van der Waals surface area contributed by atoms with E-state index in [0.717, 1.165) is 11.1 Å². The Morgan fingerprint density at radius 1 is 1.20 bits per heavy atom. The minimum atomic E-state index is -0.860. The van der Waals surface area contributed by atoms with E-state index < -0.39 is 5.97 Å². The summed E-state index contributed by atoms with van der Waals surface area (Å²) < 4.78 is 5.01. The number of rotatable bonds is 6. The van der Waals surface area contributed by atoms with Crippen molar-refractivity contribution >= 4 is 11.9 Å². The fourth-order valence-corrected chi connectivity index (χ4v) is 1.81. The Hall–Kier alpha value is -2.56. The van der Waals surface area contributed by atoms with Crippen molar-refractivity contribution in [1.82, 2.24) is 5.32 Å². The van der Waals surface area contributed by atoms with Crippen LogP contribution in [0.1, 0.15) is 23.2 Å². The molecule has 0 spiro atoms. The maximum atomic E-state index is 11.9. The highest BCUT2D eigenvalue weighted by Crippen LogP contribution is 2.20. The first kappa shape index (κ1) is 13.9. The number of nitrogens with one attached hydrogen (secondary N) is 1. The number of furan rings is 1. The summed E-state index contributed by atoms with van der Waals surface area (Å²) in [5.41, 5.74) is 2.35. The van der Waals surface area contributed by atoms with Gasteiger partial charge in [-0.25, -0.2) is 0 Å². The molecule has 1 amide bonds. The fourth-order valence-electron chi connectivity index (χ4n) is 1.81. The summed E-state index contributed by atoms with van der Waals surface area (Å²) in [6.07, 6.45) is 3.66. The van der Waals surface area contributed by atoms with Gasteiger partial charge in [0.15, 0.2) is 0 Å². The van der Waals surface area contributed by atoms with Gasteiger partial charge < -0.3 is 14.8 Å². The molecule has 0 aliphatic carbocycles. The van der Waals surface area contributed by atoms with Crippen molar-refractivity contribution in [3.8, 4) is 11.1 Å². The average Bonchev–Trinajstić information content (AvgIpc) is 2.97. The second-order valence-corrected chi connectivity index (χ2v) is 4.35. The lowest BCUT2D eigenvalue weighted by molar-refractivity contribution is -0.137. The van der Waals surface area contributed by atoms with E-state index in [1.165, 1.54) is 0 Å². The summed E-state index contributed by atoms with van der Waals surface area (Å²) in [4.78, 5) is 22.3. The minimum absolute atomic E-state index is 0.0509. The van der Waals surface area contributed by atoms with E-state index in [9.17, 15) is 9.59 Å². The molecule has 5 nitrogen and oxygen atoms in total. The van der Waals surface area contributed by atoms with Crippen LogP contribution in [0.2, 0.25) is 0 Å². The van der Waals surface area contributed by atoms with E-state index in [4.69, 9.17) is 9.52 Å². The summed E-state index contributed by atoms with van der Waals surface area (Å²) in [7, 11) is 0. The Morgan fingerprint density at radius 3 is 2.75 bits per heavy atom. The number of carboxylic acids is 1. The van der Waals surface area contributed by atoms with Gasteiger partial charge in [0.2, 0.25) is 0 Å². The topological polar surface area (TPSA) is 79.5 Å². The second-order valence-electron chi connectivity index (χ2n) is 4.35. The summed E-state index contributed by atoms with van der Waals surface area (Å²) >= 11 is 0. The van der Waals surface area contributed by atoms with Crippen LogP contribution in [0.5, 0.6) is 0 Å². The predicted molar refractivity (Wildman–Crippen MR) is 73.3 cm³/mol. The van der Waals surface area contributed by atoms with Gasteiger partial charge in [0.1, 0.15) is 0 Å². The Balaban J connectivity index is 1.96. The molecule has 0 fully saturated rings. The van der Waals surface area contributed by atoms with Crippen LogP contribution < -0.4 is 5.32 Å². The quantitative estimate of drug-likeness (QED) is 0.793. The molecule has 20 heavy (non-hydrogen) atoms. The number of benzene rings is 1. The lowest BCUT2D eigenvalue weighted by atomic mass is 10.1. The van der Waals surface area contributed by atoms with Gasteiger partial charge in [0.05, 0.1) is 12.5 Å². The SMILES string of the molecule is O=C(O)CCCNC(=O)c1cccc(-c2ccoc2)c1. The number of hydrogen-bond acceptors (Lipinski definition) is 3. The number of hydrogen-bond donors (Lipinski definition) is 2. The Bertz CT molecular complexity index is 590. The molecule has 0 aliphatic heterocycles. The van der Waals surface area contributed by atoms with E-state index in [2.05, 4.69) is 5.32 Å². The van der Waals surface area contributed by atoms with E-state index in [0.29, 0.717) is 18.5 Å². The van der Waals surface area contributed by atoms with Gasteiger partial charge in [-0.2, -0.15) is 0 Å². The smallest absolute Gasteiger partial charge is 0.303 e. The summed E-state index contributed by atoms with van der Waals surface area (Å²) in [5.74, 6) is -1.07. The monoisotopic (exact) mass is 273 g/mol. The highest BCUT2D eigenvalue weighted by molar-refractivity contribution is 5.95. The average molecular weight is 273 g/mol. The number of amides is 1. The largest absolute Gasteiger partial charge is 0.481 e. The molecule has 1 aromatic carbocycles. The number of carboxylic acid groups (broad SMARTS) is 1. The lowest BCUT2D eigenvalue weighted by Gasteiger charge is -2.05. The summed E-state index contributed by atoms with van der Waals surface area (Å²) in [5, 5.41) is 11.2. The molecule has 0 aliphatic rings. The molecular formula is C15H15NO4. The summed E-state index contributed by atoms with van der Waals surface area (Å²) in [6.45, 7) is 0.348. The van der Waals surface area contributed by atoms with E-state index in [-0.39, 0.29) is 12.3 Å². The third-order valence-corrected chi connectivity index (χ3v) is 2.83. The molecule has 1 aromatic heterocycles. The van der Waals surface area contributed by atoms with Crippen LogP contribution >= 0.6 is 0 Å². The van der Waals surface area contributed by atoms with Crippen molar-refractivity contribution in [2.24, 2.45) is 0 Å². The molecule has 2 aromatic rings. The van der Waals surface area contributed by atoms with Gasteiger partial charge in [-0.15, -0.1) is 0 Å². The first-order valence-electron chi connectivity index (χ1n) is 6.29. The summed E-state index contributed by atoms with van der Waals surface area (Å²) in [6, 6.07) is 9.01. The highest BCUT2D eigenvalue weighted by atomic mass is 16.4. The van der Waals surface area contributed by atoms with E-state index in [1.807, 2.05) is 12.1 Å². The van der Waals surface area contributed by atoms with Gasteiger partial charge in [-0.3, -0.25) is 9.59 Å².